The van der Waals surface area contributed by atoms with E-state index in [-0.39, 0.29) is 11.7 Å². The number of hydrogen-bond donors (Lipinski definition) is 0. The van der Waals surface area contributed by atoms with Gasteiger partial charge in [-0.2, -0.15) is 5.10 Å². The standard InChI is InChI=1S/C26H26N6O2/c1-18-17-31(12-13-32(18)24-16-27-23(15-28-24)26(33)34-2)25-21-11-7-6-10-20(21)22(29-30-25)14-19-8-4-3-5-9-19/h3-11,15-16,18H,12-14,17H2,1-2H3/t18-/m1/s1. The van der Waals surface area contributed by atoms with Gasteiger partial charge in [0, 0.05) is 42.9 Å². The summed E-state index contributed by atoms with van der Waals surface area (Å²) >= 11 is 0. The molecule has 1 atom stereocenters. The van der Waals surface area contributed by atoms with Gasteiger partial charge >= 0.3 is 5.97 Å². The molecule has 0 bridgehead atoms. The third-order valence-corrected chi connectivity index (χ3v) is 6.21. The minimum Gasteiger partial charge on any atom is -0.464 e. The van der Waals surface area contributed by atoms with Crippen molar-refractivity contribution in [1.82, 2.24) is 20.2 Å². The van der Waals surface area contributed by atoms with Gasteiger partial charge in [0.15, 0.2) is 11.5 Å². The number of esters is 1. The van der Waals surface area contributed by atoms with Crippen LogP contribution in [-0.4, -0.2) is 58.9 Å². The van der Waals surface area contributed by atoms with Crippen molar-refractivity contribution in [3.05, 3.63) is 83.9 Å². The number of benzene rings is 2. The first-order valence-electron chi connectivity index (χ1n) is 11.3. The summed E-state index contributed by atoms with van der Waals surface area (Å²) in [5.41, 5.74) is 2.41. The van der Waals surface area contributed by atoms with Crippen molar-refractivity contribution in [3.63, 3.8) is 0 Å². The molecule has 8 heteroatoms. The molecule has 0 saturated carbocycles. The average Bonchev–Trinajstić information content (AvgIpc) is 2.89. The van der Waals surface area contributed by atoms with Gasteiger partial charge in [0.1, 0.15) is 5.82 Å². The number of methoxy groups -OCH3 is 1. The highest BCUT2D eigenvalue weighted by molar-refractivity contribution is 5.93. The molecule has 0 N–H and O–H groups in total. The van der Waals surface area contributed by atoms with E-state index in [9.17, 15) is 4.79 Å². The van der Waals surface area contributed by atoms with Crippen molar-refractivity contribution in [2.45, 2.75) is 19.4 Å². The zero-order chi connectivity index (χ0) is 23.5. The van der Waals surface area contributed by atoms with Gasteiger partial charge in [0.05, 0.1) is 25.2 Å². The smallest absolute Gasteiger partial charge is 0.358 e. The average molecular weight is 455 g/mol. The van der Waals surface area contributed by atoms with E-state index in [1.165, 1.54) is 18.9 Å². The minimum absolute atomic E-state index is 0.177. The molecule has 5 rings (SSSR count). The molecule has 0 unspecified atom stereocenters. The van der Waals surface area contributed by atoms with Crippen molar-refractivity contribution in [2.24, 2.45) is 0 Å². The van der Waals surface area contributed by atoms with Crippen LogP contribution in [0.4, 0.5) is 11.6 Å². The number of piperazine rings is 1. The van der Waals surface area contributed by atoms with Gasteiger partial charge in [-0.05, 0) is 12.5 Å². The number of rotatable bonds is 5. The number of anilines is 2. The molecule has 3 heterocycles. The van der Waals surface area contributed by atoms with Crippen LogP contribution in [0.2, 0.25) is 0 Å². The van der Waals surface area contributed by atoms with E-state index in [4.69, 9.17) is 4.74 Å². The normalized spacial score (nSPS) is 16.0. The Balaban J connectivity index is 1.37. The number of ether oxygens (including phenoxy) is 1. The fraction of sp³-hybridized carbons (Fsp3) is 0.269. The summed E-state index contributed by atoms with van der Waals surface area (Å²) in [7, 11) is 1.33. The number of nitrogens with zero attached hydrogens (tertiary/aromatic N) is 6. The van der Waals surface area contributed by atoms with Crippen LogP contribution in [0.3, 0.4) is 0 Å². The number of carbonyl (C=O) groups is 1. The van der Waals surface area contributed by atoms with Crippen LogP contribution in [0.1, 0.15) is 28.7 Å². The number of carbonyl (C=O) groups excluding carboxylic acids is 1. The predicted octanol–water partition coefficient (Wildman–Crippen LogP) is 3.51. The molecule has 172 valence electrons. The molecule has 0 spiro atoms. The van der Waals surface area contributed by atoms with Crippen molar-refractivity contribution < 1.29 is 9.53 Å². The molecule has 0 aliphatic carbocycles. The van der Waals surface area contributed by atoms with Gasteiger partial charge in [0.2, 0.25) is 0 Å². The van der Waals surface area contributed by atoms with Crippen LogP contribution in [0.5, 0.6) is 0 Å². The molecule has 4 aromatic rings. The van der Waals surface area contributed by atoms with E-state index in [0.717, 1.165) is 54.2 Å². The van der Waals surface area contributed by atoms with Gasteiger partial charge in [0.25, 0.3) is 0 Å². The van der Waals surface area contributed by atoms with Crippen molar-refractivity contribution >= 4 is 28.4 Å². The number of fused-ring (bicyclic) bond motifs is 1. The Morgan fingerprint density at radius 1 is 0.971 bits per heavy atom. The number of hydrogen-bond acceptors (Lipinski definition) is 8. The first-order valence-corrected chi connectivity index (χ1v) is 11.3. The maximum Gasteiger partial charge on any atom is 0.358 e. The Morgan fingerprint density at radius 2 is 1.74 bits per heavy atom. The van der Waals surface area contributed by atoms with E-state index in [1.807, 2.05) is 18.2 Å². The summed E-state index contributed by atoms with van der Waals surface area (Å²) in [4.78, 5) is 24.8. The fourth-order valence-corrected chi connectivity index (χ4v) is 4.47. The molecule has 1 fully saturated rings. The summed E-state index contributed by atoms with van der Waals surface area (Å²) in [5, 5.41) is 11.6. The molecule has 1 aliphatic heterocycles. The van der Waals surface area contributed by atoms with Crippen molar-refractivity contribution in [2.75, 3.05) is 36.5 Å². The van der Waals surface area contributed by atoms with E-state index in [0.29, 0.717) is 0 Å². The Kier molecular flexibility index (Phi) is 6.03. The third-order valence-electron chi connectivity index (χ3n) is 6.21. The fourth-order valence-electron chi connectivity index (χ4n) is 4.47. The molecule has 2 aromatic heterocycles. The van der Waals surface area contributed by atoms with E-state index >= 15 is 0 Å². The maximum atomic E-state index is 11.6. The van der Waals surface area contributed by atoms with E-state index in [1.54, 1.807) is 6.20 Å². The van der Waals surface area contributed by atoms with Crippen molar-refractivity contribution in [3.8, 4) is 0 Å². The predicted molar refractivity (Wildman–Crippen MR) is 131 cm³/mol. The first-order chi connectivity index (χ1) is 16.6. The maximum absolute atomic E-state index is 11.6. The van der Waals surface area contributed by atoms with E-state index in [2.05, 4.69) is 73.3 Å². The lowest BCUT2D eigenvalue weighted by atomic mass is 10.0. The van der Waals surface area contributed by atoms with Gasteiger partial charge in [-0.15, -0.1) is 5.10 Å². The zero-order valence-corrected chi connectivity index (χ0v) is 19.3. The highest BCUT2D eigenvalue weighted by Gasteiger charge is 2.27. The molecule has 8 nitrogen and oxygen atoms in total. The van der Waals surface area contributed by atoms with Crippen LogP contribution in [0.15, 0.2) is 67.0 Å². The molecular formula is C26H26N6O2. The highest BCUT2D eigenvalue weighted by atomic mass is 16.5. The van der Waals surface area contributed by atoms with E-state index < -0.39 is 5.97 Å². The van der Waals surface area contributed by atoms with Gasteiger partial charge < -0.3 is 14.5 Å². The van der Waals surface area contributed by atoms with Crippen LogP contribution in [0.25, 0.3) is 10.8 Å². The van der Waals surface area contributed by atoms with Crippen LogP contribution >= 0.6 is 0 Å². The lowest BCUT2D eigenvalue weighted by Gasteiger charge is -2.41. The Labute approximate surface area is 198 Å². The van der Waals surface area contributed by atoms with Gasteiger partial charge in [-0.1, -0.05) is 54.6 Å². The molecule has 34 heavy (non-hydrogen) atoms. The molecule has 0 radical (unpaired) electrons. The van der Waals surface area contributed by atoms with Crippen molar-refractivity contribution in [1.29, 1.82) is 0 Å². The highest BCUT2D eigenvalue weighted by Crippen LogP contribution is 2.29. The van der Waals surface area contributed by atoms with Gasteiger partial charge in [-0.3, -0.25) is 0 Å². The monoisotopic (exact) mass is 454 g/mol. The largest absolute Gasteiger partial charge is 0.464 e. The second-order valence-electron chi connectivity index (χ2n) is 8.42. The SMILES string of the molecule is COC(=O)c1cnc(N2CCN(c3nnc(Cc4ccccc4)c4ccccc34)C[C@H]2C)cn1. The summed E-state index contributed by atoms with van der Waals surface area (Å²) < 4.78 is 4.71. The molecule has 2 aromatic carbocycles. The molecule has 1 saturated heterocycles. The Morgan fingerprint density at radius 3 is 2.44 bits per heavy atom. The number of aromatic nitrogens is 4. The molecular weight excluding hydrogens is 428 g/mol. The lowest BCUT2D eigenvalue weighted by Crippen LogP contribution is -2.52. The third kappa shape index (κ3) is 4.26. The van der Waals surface area contributed by atoms with Crippen LogP contribution < -0.4 is 9.80 Å². The molecule has 0 amide bonds. The molecule has 1 aliphatic rings. The van der Waals surface area contributed by atoms with Gasteiger partial charge in [-0.25, -0.2) is 14.8 Å². The summed E-state index contributed by atoms with van der Waals surface area (Å²) in [5.74, 6) is 1.16. The zero-order valence-electron chi connectivity index (χ0n) is 19.3. The second-order valence-corrected chi connectivity index (χ2v) is 8.42. The summed E-state index contributed by atoms with van der Waals surface area (Å²) in [6, 6.07) is 18.9. The quantitative estimate of drug-likeness (QED) is 0.424. The summed E-state index contributed by atoms with van der Waals surface area (Å²) in [6.07, 6.45) is 3.84. The first kappa shape index (κ1) is 21.8. The second kappa shape index (κ2) is 9.43. The Bertz CT molecular complexity index is 1300. The van der Waals surface area contributed by atoms with Crippen LogP contribution in [-0.2, 0) is 11.2 Å². The Hall–Kier alpha value is -4.07. The minimum atomic E-state index is -0.488. The van der Waals surface area contributed by atoms with Crippen LogP contribution in [0, 0.1) is 0 Å². The summed E-state index contributed by atoms with van der Waals surface area (Å²) in [6.45, 7) is 4.47. The topological polar surface area (TPSA) is 84.3 Å². The lowest BCUT2D eigenvalue weighted by molar-refractivity contribution is 0.0593.